The summed E-state index contributed by atoms with van der Waals surface area (Å²) in [5, 5.41) is 16.1. The summed E-state index contributed by atoms with van der Waals surface area (Å²) in [7, 11) is 0. The quantitative estimate of drug-likeness (QED) is 0.460. The highest BCUT2D eigenvalue weighted by molar-refractivity contribution is 5.87. The van der Waals surface area contributed by atoms with Crippen LogP contribution in [0.1, 0.15) is 12.8 Å². The summed E-state index contributed by atoms with van der Waals surface area (Å²) in [5.74, 6) is -1.87. The van der Waals surface area contributed by atoms with Crippen molar-refractivity contribution in [1.82, 2.24) is 16.0 Å². The summed E-state index contributed by atoms with van der Waals surface area (Å²) in [4.78, 5) is 32.9. The second-order valence-corrected chi connectivity index (χ2v) is 3.93. The van der Waals surface area contributed by atoms with Gasteiger partial charge >= 0.3 is 5.97 Å². The number of hydrogen-bond donors (Lipinski definition) is 4. The Labute approximate surface area is 98.9 Å². The maximum Gasteiger partial charge on any atom is 0.322 e. The molecule has 0 aliphatic carbocycles. The zero-order valence-corrected chi connectivity index (χ0v) is 9.49. The molecule has 0 radical (unpaired) electrons. The maximum atomic E-state index is 11.6. The van der Waals surface area contributed by atoms with Crippen molar-refractivity contribution in [3.05, 3.63) is 0 Å². The largest absolute Gasteiger partial charge is 0.480 e. The average molecular weight is 243 g/mol. The molecule has 0 bridgehead atoms. The average Bonchev–Trinajstić information content (AvgIpc) is 2.34. The van der Waals surface area contributed by atoms with Gasteiger partial charge in [0.15, 0.2) is 0 Å². The lowest BCUT2D eigenvalue weighted by Crippen LogP contribution is -2.44. The Kier molecular flexibility index (Phi) is 5.41. The molecule has 2 amide bonds. The molecule has 4 N–H and O–H groups in total. The molecule has 0 spiro atoms. The minimum atomic E-state index is -1.11. The van der Waals surface area contributed by atoms with Crippen molar-refractivity contribution in [1.29, 1.82) is 0 Å². The molecule has 96 valence electrons. The van der Waals surface area contributed by atoms with Crippen molar-refractivity contribution < 1.29 is 19.5 Å². The molecule has 0 aromatic heterocycles. The van der Waals surface area contributed by atoms with Crippen molar-refractivity contribution in [3.63, 3.8) is 0 Å². The van der Waals surface area contributed by atoms with E-state index in [1.807, 2.05) is 0 Å². The van der Waals surface area contributed by atoms with E-state index in [4.69, 9.17) is 5.11 Å². The summed E-state index contributed by atoms with van der Waals surface area (Å²) < 4.78 is 0. The van der Waals surface area contributed by atoms with E-state index in [1.54, 1.807) is 0 Å². The molecule has 1 unspecified atom stereocenters. The molecule has 0 aromatic carbocycles. The monoisotopic (exact) mass is 243 g/mol. The normalized spacial score (nSPS) is 19.4. The number of carboxylic acids is 1. The Balaban J connectivity index is 2.18. The van der Waals surface area contributed by atoms with Gasteiger partial charge in [-0.15, -0.1) is 0 Å². The van der Waals surface area contributed by atoms with Crippen molar-refractivity contribution in [2.45, 2.75) is 12.8 Å². The smallest absolute Gasteiger partial charge is 0.322 e. The van der Waals surface area contributed by atoms with Crippen LogP contribution in [-0.2, 0) is 14.4 Å². The van der Waals surface area contributed by atoms with Crippen LogP contribution >= 0.6 is 0 Å². The molecular formula is C10H17N3O4. The van der Waals surface area contributed by atoms with Crippen LogP contribution < -0.4 is 16.0 Å². The van der Waals surface area contributed by atoms with Crippen LogP contribution in [0.4, 0.5) is 0 Å². The number of carbonyl (C=O) groups excluding carboxylic acids is 2. The van der Waals surface area contributed by atoms with Gasteiger partial charge in [-0.05, 0) is 19.4 Å². The van der Waals surface area contributed by atoms with Crippen LogP contribution in [0.3, 0.4) is 0 Å². The Hall–Kier alpha value is -1.63. The van der Waals surface area contributed by atoms with Crippen LogP contribution in [0.2, 0.25) is 0 Å². The van der Waals surface area contributed by atoms with Crippen LogP contribution in [0.25, 0.3) is 0 Å². The summed E-state index contributed by atoms with van der Waals surface area (Å²) in [5.41, 5.74) is 0. The minimum absolute atomic E-state index is 0.101. The molecule has 1 heterocycles. The number of rotatable bonds is 5. The van der Waals surface area contributed by atoms with E-state index in [-0.39, 0.29) is 18.4 Å². The number of aliphatic carboxylic acids is 1. The lowest BCUT2D eigenvalue weighted by molar-refractivity contribution is -0.137. The van der Waals surface area contributed by atoms with Gasteiger partial charge in [0.25, 0.3) is 0 Å². The van der Waals surface area contributed by atoms with Crippen LogP contribution in [0, 0.1) is 5.92 Å². The Bertz CT molecular complexity index is 300. The third-order valence-corrected chi connectivity index (χ3v) is 2.53. The van der Waals surface area contributed by atoms with Gasteiger partial charge in [0.05, 0.1) is 12.5 Å². The maximum absolute atomic E-state index is 11.6. The molecule has 1 fully saturated rings. The topological polar surface area (TPSA) is 108 Å². The molecule has 1 saturated heterocycles. The summed E-state index contributed by atoms with van der Waals surface area (Å²) >= 11 is 0. The summed E-state index contributed by atoms with van der Waals surface area (Å²) in [6.45, 7) is 0.938. The molecule has 17 heavy (non-hydrogen) atoms. The molecule has 0 aromatic rings. The zero-order valence-electron chi connectivity index (χ0n) is 9.49. The van der Waals surface area contributed by atoms with Crippen molar-refractivity contribution >= 4 is 17.8 Å². The highest BCUT2D eigenvalue weighted by Gasteiger charge is 2.20. The number of hydrogen-bond acceptors (Lipinski definition) is 4. The molecule has 1 rings (SSSR count). The molecule has 1 atom stereocenters. The van der Waals surface area contributed by atoms with Crippen molar-refractivity contribution in [2.75, 3.05) is 26.2 Å². The Morgan fingerprint density at radius 2 is 2.00 bits per heavy atom. The molecule has 1 aliphatic heterocycles. The zero-order chi connectivity index (χ0) is 12.7. The van der Waals surface area contributed by atoms with Gasteiger partial charge in [0, 0.05) is 6.54 Å². The van der Waals surface area contributed by atoms with E-state index in [1.165, 1.54) is 0 Å². The van der Waals surface area contributed by atoms with Gasteiger partial charge in [0.1, 0.15) is 6.54 Å². The third-order valence-electron chi connectivity index (χ3n) is 2.53. The fraction of sp³-hybridized carbons (Fsp3) is 0.700. The summed E-state index contributed by atoms with van der Waals surface area (Å²) in [6.07, 6.45) is 1.76. The van der Waals surface area contributed by atoms with Crippen molar-refractivity contribution in [3.8, 4) is 0 Å². The van der Waals surface area contributed by atoms with Gasteiger partial charge in [-0.2, -0.15) is 0 Å². The van der Waals surface area contributed by atoms with Gasteiger partial charge < -0.3 is 21.1 Å². The molecule has 0 saturated carbocycles. The predicted molar refractivity (Wildman–Crippen MR) is 59.2 cm³/mol. The number of carbonyl (C=O) groups is 3. The second kappa shape index (κ2) is 6.85. The van der Waals surface area contributed by atoms with Crippen LogP contribution in [-0.4, -0.2) is 49.1 Å². The first-order chi connectivity index (χ1) is 8.09. The molecular weight excluding hydrogens is 226 g/mol. The first-order valence-electron chi connectivity index (χ1n) is 5.56. The highest BCUT2D eigenvalue weighted by Crippen LogP contribution is 2.09. The molecule has 7 nitrogen and oxygen atoms in total. The van der Waals surface area contributed by atoms with E-state index in [0.29, 0.717) is 6.54 Å². The van der Waals surface area contributed by atoms with Crippen LogP contribution in [0.15, 0.2) is 0 Å². The number of nitrogens with one attached hydrogen (secondary N) is 3. The van der Waals surface area contributed by atoms with E-state index >= 15 is 0 Å². The number of carboxylic acid groups (broad SMARTS) is 1. The fourth-order valence-corrected chi connectivity index (χ4v) is 1.62. The minimum Gasteiger partial charge on any atom is -0.480 e. The first kappa shape index (κ1) is 13.4. The van der Waals surface area contributed by atoms with E-state index < -0.39 is 18.4 Å². The Morgan fingerprint density at radius 3 is 2.59 bits per heavy atom. The Morgan fingerprint density at radius 1 is 1.24 bits per heavy atom. The predicted octanol–water partition coefficient (Wildman–Crippen LogP) is -1.70. The number of amides is 2. The van der Waals surface area contributed by atoms with Gasteiger partial charge in [-0.25, -0.2) is 0 Å². The highest BCUT2D eigenvalue weighted by atomic mass is 16.4. The fourth-order valence-electron chi connectivity index (χ4n) is 1.62. The number of piperidine rings is 1. The van der Waals surface area contributed by atoms with Gasteiger partial charge in [0.2, 0.25) is 11.8 Å². The van der Waals surface area contributed by atoms with Gasteiger partial charge in [-0.1, -0.05) is 0 Å². The second-order valence-electron chi connectivity index (χ2n) is 3.93. The lowest BCUT2D eigenvalue weighted by Gasteiger charge is -2.21. The molecule has 1 aliphatic rings. The SMILES string of the molecule is O=C(O)CNC(=O)CNC(=O)C1CCCNC1. The van der Waals surface area contributed by atoms with E-state index in [2.05, 4.69) is 16.0 Å². The van der Waals surface area contributed by atoms with E-state index in [9.17, 15) is 14.4 Å². The first-order valence-corrected chi connectivity index (χ1v) is 5.56. The standard InChI is InChI=1S/C10H17N3O4/c14-8(12-6-9(15)16)5-13-10(17)7-2-1-3-11-4-7/h7,11H,1-6H2,(H,12,14)(H,13,17)(H,15,16). The lowest BCUT2D eigenvalue weighted by atomic mass is 9.99. The van der Waals surface area contributed by atoms with Crippen molar-refractivity contribution in [2.24, 2.45) is 5.92 Å². The van der Waals surface area contributed by atoms with E-state index in [0.717, 1.165) is 19.4 Å². The summed E-state index contributed by atoms with van der Waals surface area (Å²) in [6, 6.07) is 0. The van der Waals surface area contributed by atoms with Crippen LogP contribution in [0.5, 0.6) is 0 Å². The molecule has 7 heteroatoms. The third kappa shape index (κ3) is 5.30. The van der Waals surface area contributed by atoms with Gasteiger partial charge in [-0.3, -0.25) is 14.4 Å².